The van der Waals surface area contributed by atoms with Gasteiger partial charge in [-0.2, -0.15) is 0 Å². The lowest BCUT2D eigenvalue weighted by molar-refractivity contribution is 0.103. The van der Waals surface area contributed by atoms with Crippen LogP contribution in [0.3, 0.4) is 0 Å². The van der Waals surface area contributed by atoms with Crippen LogP contribution in [0.4, 0.5) is 10.5 Å². The standard InChI is InChI=1S/C26H32N2O7S/c1-4-6-8-23-24(21-17-19(28-36(3,31)32)11-14-22(21)35-23)25(29)18-9-12-20(13-10-18)34-16-7-15-27-26(30)33-5-2/h9-14,17,28H,4-8,15-16H2,1-3H3,(H,27,30). The fraction of sp³-hybridized carbons (Fsp3) is 0.385. The first-order valence-electron chi connectivity index (χ1n) is 11.9. The van der Waals surface area contributed by atoms with Crippen LogP contribution in [0.2, 0.25) is 0 Å². The van der Waals surface area contributed by atoms with Gasteiger partial charge in [-0.05, 0) is 62.2 Å². The predicted octanol–water partition coefficient (Wildman–Crippen LogP) is 4.89. The maximum Gasteiger partial charge on any atom is 0.407 e. The Balaban J connectivity index is 1.76. The molecule has 0 unspecified atom stereocenters. The van der Waals surface area contributed by atoms with Gasteiger partial charge in [-0.3, -0.25) is 9.52 Å². The van der Waals surface area contributed by atoms with Gasteiger partial charge in [0.2, 0.25) is 10.0 Å². The lowest BCUT2D eigenvalue weighted by Crippen LogP contribution is -2.26. The van der Waals surface area contributed by atoms with Gasteiger partial charge in [-0.15, -0.1) is 0 Å². The molecular weight excluding hydrogens is 484 g/mol. The quantitative estimate of drug-likeness (QED) is 0.245. The molecule has 194 valence electrons. The highest BCUT2D eigenvalue weighted by molar-refractivity contribution is 7.92. The molecule has 0 aliphatic rings. The average molecular weight is 517 g/mol. The minimum atomic E-state index is -3.47. The molecule has 0 aliphatic heterocycles. The molecule has 3 aromatic rings. The monoisotopic (exact) mass is 516 g/mol. The molecule has 2 N–H and O–H groups in total. The fourth-order valence-corrected chi connectivity index (χ4v) is 4.22. The van der Waals surface area contributed by atoms with Crippen molar-refractivity contribution in [1.29, 1.82) is 0 Å². The van der Waals surface area contributed by atoms with Crippen molar-refractivity contribution in [2.45, 2.75) is 39.5 Å². The Morgan fingerprint density at radius 1 is 1.03 bits per heavy atom. The van der Waals surface area contributed by atoms with Crippen molar-refractivity contribution >= 4 is 38.6 Å². The van der Waals surface area contributed by atoms with Gasteiger partial charge in [0.25, 0.3) is 0 Å². The summed E-state index contributed by atoms with van der Waals surface area (Å²) in [5, 5.41) is 3.19. The molecule has 3 rings (SSSR count). The van der Waals surface area contributed by atoms with Crippen LogP contribution in [0.15, 0.2) is 46.9 Å². The van der Waals surface area contributed by atoms with Gasteiger partial charge in [0, 0.05) is 29.6 Å². The van der Waals surface area contributed by atoms with Crippen LogP contribution in [-0.4, -0.2) is 46.3 Å². The molecule has 0 saturated heterocycles. The normalized spacial score (nSPS) is 11.3. The summed E-state index contributed by atoms with van der Waals surface area (Å²) >= 11 is 0. The van der Waals surface area contributed by atoms with E-state index in [-0.39, 0.29) is 5.78 Å². The number of ether oxygens (including phenoxy) is 2. The summed E-state index contributed by atoms with van der Waals surface area (Å²) in [6.07, 6.45) is 3.61. The highest BCUT2D eigenvalue weighted by Gasteiger charge is 2.22. The summed E-state index contributed by atoms with van der Waals surface area (Å²) < 4.78 is 42.3. The van der Waals surface area contributed by atoms with Crippen molar-refractivity contribution in [3.63, 3.8) is 0 Å². The van der Waals surface area contributed by atoms with Gasteiger partial charge in [-0.25, -0.2) is 13.2 Å². The number of fused-ring (bicyclic) bond motifs is 1. The van der Waals surface area contributed by atoms with Gasteiger partial charge in [0.15, 0.2) is 5.78 Å². The van der Waals surface area contributed by atoms with Crippen molar-refractivity contribution in [3.05, 3.63) is 59.4 Å². The Hall–Kier alpha value is -3.53. The minimum absolute atomic E-state index is 0.207. The minimum Gasteiger partial charge on any atom is -0.494 e. The molecule has 1 amide bonds. The second-order valence-corrected chi connectivity index (χ2v) is 10.0. The number of benzene rings is 2. The summed E-state index contributed by atoms with van der Waals surface area (Å²) in [6.45, 7) is 4.94. The van der Waals surface area contributed by atoms with Gasteiger partial charge in [-0.1, -0.05) is 13.3 Å². The summed E-state index contributed by atoms with van der Waals surface area (Å²) in [7, 11) is -3.47. The number of furan rings is 1. The number of alkyl carbamates (subject to hydrolysis) is 1. The van der Waals surface area contributed by atoms with Gasteiger partial charge in [0.05, 0.1) is 25.0 Å². The number of aryl methyl sites for hydroxylation is 1. The molecule has 0 atom stereocenters. The first-order valence-corrected chi connectivity index (χ1v) is 13.8. The topological polar surface area (TPSA) is 124 Å². The van der Waals surface area contributed by atoms with Crippen LogP contribution < -0.4 is 14.8 Å². The number of hydrogen-bond donors (Lipinski definition) is 2. The number of ketones is 1. The highest BCUT2D eigenvalue weighted by Crippen LogP contribution is 2.32. The van der Waals surface area contributed by atoms with E-state index in [1.165, 1.54) is 0 Å². The largest absolute Gasteiger partial charge is 0.494 e. The number of carbonyl (C=O) groups is 2. The van der Waals surface area contributed by atoms with Crippen molar-refractivity contribution in [3.8, 4) is 5.75 Å². The Bertz CT molecular complexity index is 1300. The van der Waals surface area contributed by atoms with E-state index in [4.69, 9.17) is 13.9 Å². The third-order valence-corrected chi connectivity index (χ3v) is 5.91. The van der Waals surface area contributed by atoms with Crippen LogP contribution in [0.25, 0.3) is 11.0 Å². The van der Waals surface area contributed by atoms with Gasteiger partial charge < -0.3 is 19.2 Å². The SMILES string of the molecule is CCCCc1oc2ccc(NS(C)(=O)=O)cc2c1C(=O)c1ccc(OCCCNC(=O)OCC)cc1. The van der Waals surface area contributed by atoms with Gasteiger partial charge >= 0.3 is 6.09 Å². The van der Waals surface area contributed by atoms with E-state index in [0.717, 1.165) is 19.1 Å². The van der Waals surface area contributed by atoms with E-state index < -0.39 is 16.1 Å². The van der Waals surface area contributed by atoms with E-state index in [1.807, 2.05) is 0 Å². The molecule has 0 spiro atoms. The van der Waals surface area contributed by atoms with E-state index in [9.17, 15) is 18.0 Å². The van der Waals surface area contributed by atoms with Gasteiger partial charge in [0.1, 0.15) is 17.1 Å². The lowest BCUT2D eigenvalue weighted by Gasteiger charge is -2.08. The van der Waals surface area contributed by atoms with E-state index >= 15 is 0 Å². The Kier molecular flexibility index (Phi) is 9.35. The number of sulfonamides is 1. The van der Waals surface area contributed by atoms with Crippen molar-refractivity contribution in [2.75, 3.05) is 30.7 Å². The smallest absolute Gasteiger partial charge is 0.407 e. The fourth-order valence-electron chi connectivity index (χ4n) is 3.67. The van der Waals surface area contributed by atoms with Crippen molar-refractivity contribution < 1.29 is 31.9 Å². The molecule has 0 bridgehead atoms. The Labute approximate surface area is 211 Å². The third kappa shape index (κ3) is 7.48. The van der Waals surface area contributed by atoms with Crippen molar-refractivity contribution in [2.24, 2.45) is 0 Å². The molecular formula is C26H32N2O7S. The molecule has 1 aromatic heterocycles. The van der Waals surface area contributed by atoms with Crippen LogP contribution in [0.5, 0.6) is 5.75 Å². The van der Waals surface area contributed by atoms with Crippen LogP contribution >= 0.6 is 0 Å². The zero-order chi connectivity index (χ0) is 26.1. The summed E-state index contributed by atoms with van der Waals surface area (Å²) in [4.78, 5) is 24.8. The first kappa shape index (κ1) is 27.1. The summed E-state index contributed by atoms with van der Waals surface area (Å²) in [6, 6.07) is 11.7. The molecule has 0 saturated carbocycles. The molecule has 0 aliphatic carbocycles. The maximum absolute atomic E-state index is 13.5. The van der Waals surface area contributed by atoms with Crippen LogP contribution in [0.1, 0.15) is 54.8 Å². The Morgan fingerprint density at radius 3 is 2.44 bits per heavy atom. The summed E-state index contributed by atoms with van der Waals surface area (Å²) in [5.41, 5.74) is 1.80. The summed E-state index contributed by atoms with van der Waals surface area (Å²) in [5.74, 6) is 0.981. The molecule has 0 radical (unpaired) electrons. The number of hydrogen-bond acceptors (Lipinski definition) is 7. The number of nitrogens with one attached hydrogen (secondary N) is 2. The number of unbranched alkanes of at least 4 members (excludes halogenated alkanes) is 1. The second kappa shape index (κ2) is 12.4. The zero-order valence-corrected chi connectivity index (χ0v) is 21.6. The zero-order valence-electron chi connectivity index (χ0n) is 20.8. The molecule has 2 aromatic carbocycles. The third-order valence-electron chi connectivity index (χ3n) is 5.30. The van der Waals surface area contributed by atoms with Crippen LogP contribution in [0, 0.1) is 0 Å². The van der Waals surface area contributed by atoms with Crippen LogP contribution in [-0.2, 0) is 21.2 Å². The van der Waals surface area contributed by atoms with E-state index in [2.05, 4.69) is 17.0 Å². The second-order valence-electron chi connectivity index (χ2n) is 8.29. The molecule has 9 nitrogen and oxygen atoms in total. The molecule has 1 heterocycles. The van der Waals surface area contributed by atoms with Crippen molar-refractivity contribution in [1.82, 2.24) is 5.32 Å². The predicted molar refractivity (Wildman–Crippen MR) is 138 cm³/mol. The van der Waals surface area contributed by atoms with E-state index in [0.29, 0.717) is 71.9 Å². The molecule has 36 heavy (non-hydrogen) atoms. The average Bonchev–Trinajstić information content (AvgIpc) is 3.19. The van der Waals surface area contributed by atoms with E-state index in [1.54, 1.807) is 49.4 Å². The lowest BCUT2D eigenvalue weighted by atomic mass is 9.98. The number of anilines is 1. The Morgan fingerprint density at radius 2 is 1.78 bits per heavy atom. The highest BCUT2D eigenvalue weighted by atomic mass is 32.2. The number of amides is 1. The maximum atomic E-state index is 13.5. The first-order chi connectivity index (χ1) is 17.2. The number of carbonyl (C=O) groups excluding carboxylic acids is 2. The molecule has 0 fully saturated rings. The number of rotatable bonds is 13. The molecule has 10 heteroatoms.